The molecule has 38 heavy (non-hydrogen) atoms. The van der Waals surface area contributed by atoms with E-state index in [0.717, 1.165) is 29.5 Å². The van der Waals surface area contributed by atoms with Crippen LogP contribution in [0.2, 0.25) is 0 Å². The first kappa shape index (κ1) is 30.1. The summed E-state index contributed by atoms with van der Waals surface area (Å²) in [7, 11) is 0. The highest BCUT2D eigenvalue weighted by molar-refractivity contribution is 5.47. The Morgan fingerprint density at radius 2 is 0.868 bits per heavy atom. The van der Waals surface area contributed by atoms with Crippen molar-refractivity contribution < 1.29 is 9.84 Å². The summed E-state index contributed by atoms with van der Waals surface area (Å²) in [6, 6.07) is 31.2. The maximum absolute atomic E-state index is 10.9. The Morgan fingerprint density at radius 3 is 1.24 bits per heavy atom. The molecule has 0 saturated heterocycles. The van der Waals surface area contributed by atoms with Gasteiger partial charge in [-0.1, -0.05) is 181 Å². The van der Waals surface area contributed by atoms with Gasteiger partial charge in [0, 0.05) is 0 Å². The van der Waals surface area contributed by atoms with Crippen molar-refractivity contribution in [3.8, 4) is 0 Å². The second-order valence-electron chi connectivity index (χ2n) is 10.8. The van der Waals surface area contributed by atoms with E-state index in [1.807, 2.05) is 18.2 Å². The third-order valence-corrected chi connectivity index (χ3v) is 7.67. The van der Waals surface area contributed by atoms with E-state index >= 15 is 0 Å². The van der Waals surface area contributed by atoms with Gasteiger partial charge in [-0.15, -0.1) is 0 Å². The van der Waals surface area contributed by atoms with Gasteiger partial charge in [-0.25, -0.2) is 0 Å². The van der Waals surface area contributed by atoms with E-state index in [9.17, 15) is 5.11 Å². The molecule has 0 aliphatic carbocycles. The zero-order valence-corrected chi connectivity index (χ0v) is 23.7. The third kappa shape index (κ3) is 9.71. The van der Waals surface area contributed by atoms with Crippen LogP contribution in [0.3, 0.4) is 0 Å². The van der Waals surface area contributed by atoms with Crippen LogP contribution in [0.4, 0.5) is 0 Å². The monoisotopic (exact) mass is 514 g/mol. The van der Waals surface area contributed by atoms with Crippen LogP contribution < -0.4 is 0 Å². The van der Waals surface area contributed by atoms with E-state index in [0.29, 0.717) is 6.61 Å². The van der Waals surface area contributed by atoms with E-state index in [-0.39, 0.29) is 0 Å². The summed E-state index contributed by atoms with van der Waals surface area (Å²) in [5, 5.41) is 10.9. The van der Waals surface area contributed by atoms with E-state index in [4.69, 9.17) is 4.74 Å². The maximum atomic E-state index is 10.9. The average molecular weight is 515 g/mol. The summed E-state index contributed by atoms with van der Waals surface area (Å²) in [4.78, 5) is 0. The van der Waals surface area contributed by atoms with Crippen LogP contribution >= 0.6 is 0 Å². The highest BCUT2D eigenvalue weighted by Crippen LogP contribution is 2.40. The molecule has 0 amide bonds. The van der Waals surface area contributed by atoms with E-state index in [2.05, 4.69) is 79.7 Å². The smallest absolute Gasteiger partial charge is 0.143 e. The van der Waals surface area contributed by atoms with Crippen molar-refractivity contribution in [1.29, 1.82) is 0 Å². The van der Waals surface area contributed by atoms with E-state index in [1.165, 1.54) is 77.0 Å². The lowest BCUT2D eigenvalue weighted by atomic mass is 9.80. The van der Waals surface area contributed by atoms with Gasteiger partial charge in [0.25, 0.3) is 0 Å². The van der Waals surface area contributed by atoms with Gasteiger partial charge in [0.05, 0.1) is 12.7 Å². The molecule has 0 fully saturated rings. The first-order valence-corrected chi connectivity index (χ1v) is 15.3. The molecule has 2 heteroatoms. The van der Waals surface area contributed by atoms with Gasteiger partial charge in [0.15, 0.2) is 0 Å². The minimum atomic E-state index is -0.763. The molecule has 0 heterocycles. The molecule has 1 atom stereocenters. The average Bonchev–Trinajstić information content (AvgIpc) is 2.97. The number of hydrogen-bond donors (Lipinski definition) is 1. The highest BCUT2D eigenvalue weighted by Gasteiger charge is 2.37. The predicted octanol–water partition coefficient (Wildman–Crippen LogP) is 9.84. The molecule has 0 aliphatic rings. The topological polar surface area (TPSA) is 29.5 Å². The summed E-state index contributed by atoms with van der Waals surface area (Å²) in [6.07, 6.45) is 17.7. The number of hydrogen-bond acceptors (Lipinski definition) is 2. The second kappa shape index (κ2) is 18.0. The van der Waals surface area contributed by atoms with Gasteiger partial charge in [-0.05, 0) is 23.1 Å². The normalized spacial score (nSPS) is 12.5. The van der Waals surface area contributed by atoms with Crippen molar-refractivity contribution in [1.82, 2.24) is 0 Å². The molecule has 0 spiro atoms. The summed E-state index contributed by atoms with van der Waals surface area (Å²) in [5.41, 5.74) is 2.46. The summed E-state index contributed by atoms with van der Waals surface area (Å²) in [5.74, 6) is 0. The van der Waals surface area contributed by atoms with Crippen molar-refractivity contribution in [3.05, 3.63) is 108 Å². The molecule has 2 nitrogen and oxygen atoms in total. The standard InChI is InChI=1S/C36H50O2/c1-2-3-4-5-6-7-8-9-10-11-12-13-23-30-35(37)31-38-36(32-24-17-14-18-25-32,33-26-19-15-20-27-33)34-28-21-16-22-29-34/h14-22,24-29,35,37H,2-13,23,30-31H2,1H3/t35-/m1/s1. The quantitative estimate of drug-likeness (QED) is 0.120. The maximum Gasteiger partial charge on any atom is 0.143 e. The number of benzene rings is 3. The number of ether oxygens (including phenoxy) is 1. The Balaban J connectivity index is 1.46. The van der Waals surface area contributed by atoms with Crippen molar-refractivity contribution in [2.75, 3.05) is 6.61 Å². The molecule has 1 N–H and O–H groups in total. The Morgan fingerprint density at radius 1 is 0.526 bits per heavy atom. The molecule has 0 aliphatic heterocycles. The Bertz CT molecular complexity index is 858. The molecular formula is C36H50O2. The molecule has 206 valence electrons. The lowest BCUT2D eigenvalue weighted by Crippen LogP contribution is -2.35. The molecule has 0 radical (unpaired) electrons. The van der Waals surface area contributed by atoms with Crippen molar-refractivity contribution in [3.63, 3.8) is 0 Å². The van der Waals surface area contributed by atoms with Gasteiger partial charge in [0.1, 0.15) is 5.60 Å². The van der Waals surface area contributed by atoms with Crippen molar-refractivity contribution >= 4 is 0 Å². The van der Waals surface area contributed by atoms with Crippen LogP contribution in [0.1, 0.15) is 114 Å². The second-order valence-corrected chi connectivity index (χ2v) is 10.8. The number of rotatable bonds is 20. The Hall–Kier alpha value is -2.42. The summed E-state index contributed by atoms with van der Waals surface area (Å²) < 4.78 is 6.76. The third-order valence-electron chi connectivity index (χ3n) is 7.67. The SMILES string of the molecule is CCCCCCCCCCCCCCC[C@@H](O)COC(c1ccccc1)(c1ccccc1)c1ccccc1. The summed E-state index contributed by atoms with van der Waals surface area (Å²) >= 11 is 0. The van der Waals surface area contributed by atoms with E-state index in [1.54, 1.807) is 0 Å². The van der Waals surface area contributed by atoms with Crippen molar-refractivity contribution in [2.24, 2.45) is 0 Å². The predicted molar refractivity (Wildman–Crippen MR) is 161 cm³/mol. The fourth-order valence-corrected chi connectivity index (χ4v) is 5.47. The highest BCUT2D eigenvalue weighted by atomic mass is 16.5. The van der Waals surface area contributed by atoms with Gasteiger partial charge >= 0.3 is 0 Å². The molecule has 0 unspecified atom stereocenters. The molecule has 3 aromatic rings. The zero-order valence-electron chi connectivity index (χ0n) is 23.7. The first-order chi connectivity index (χ1) is 18.8. The molecule has 0 bridgehead atoms. The Labute approximate surface area is 232 Å². The fourth-order valence-electron chi connectivity index (χ4n) is 5.47. The molecule has 0 aromatic heterocycles. The van der Waals surface area contributed by atoms with Crippen LogP contribution in [0, 0.1) is 0 Å². The van der Waals surface area contributed by atoms with Crippen molar-refractivity contribution in [2.45, 2.75) is 109 Å². The summed E-state index contributed by atoms with van der Waals surface area (Å²) in [6.45, 7) is 2.58. The minimum Gasteiger partial charge on any atom is -0.391 e. The molecule has 0 saturated carbocycles. The van der Waals surface area contributed by atoms with Crippen LogP contribution in [-0.2, 0) is 10.3 Å². The van der Waals surface area contributed by atoms with Crippen LogP contribution in [0.5, 0.6) is 0 Å². The molecular weight excluding hydrogens is 464 g/mol. The lowest BCUT2D eigenvalue weighted by molar-refractivity contribution is -0.0405. The zero-order chi connectivity index (χ0) is 26.7. The van der Waals surface area contributed by atoms with Gasteiger partial charge in [0.2, 0.25) is 0 Å². The van der Waals surface area contributed by atoms with Crippen LogP contribution in [0.15, 0.2) is 91.0 Å². The minimum absolute atomic E-state index is 0.303. The number of unbranched alkanes of at least 4 members (excludes halogenated alkanes) is 12. The van der Waals surface area contributed by atoms with Gasteiger partial charge in [-0.2, -0.15) is 0 Å². The first-order valence-electron chi connectivity index (χ1n) is 15.3. The molecule has 3 aromatic carbocycles. The van der Waals surface area contributed by atoms with Gasteiger partial charge < -0.3 is 9.84 Å². The van der Waals surface area contributed by atoms with Gasteiger partial charge in [-0.3, -0.25) is 0 Å². The largest absolute Gasteiger partial charge is 0.391 e. The molecule has 3 rings (SSSR count). The Kier molecular flexibility index (Phi) is 14.2. The van der Waals surface area contributed by atoms with Crippen LogP contribution in [-0.4, -0.2) is 17.8 Å². The number of aliphatic hydroxyl groups is 1. The lowest BCUT2D eigenvalue weighted by Gasteiger charge is -2.36. The number of aliphatic hydroxyl groups excluding tert-OH is 1. The van der Waals surface area contributed by atoms with E-state index < -0.39 is 11.7 Å². The fraction of sp³-hybridized carbons (Fsp3) is 0.500. The van der Waals surface area contributed by atoms with Crippen LogP contribution in [0.25, 0.3) is 0 Å².